The van der Waals surface area contributed by atoms with Gasteiger partial charge in [0.05, 0.1) is 5.92 Å². The largest absolute Gasteiger partial charge is 0.481 e. The van der Waals surface area contributed by atoms with Gasteiger partial charge in [0.2, 0.25) is 0 Å². The van der Waals surface area contributed by atoms with Gasteiger partial charge >= 0.3 is 5.97 Å². The van der Waals surface area contributed by atoms with Crippen molar-refractivity contribution in [1.82, 2.24) is 9.97 Å². The van der Waals surface area contributed by atoms with Crippen LogP contribution in [0.2, 0.25) is 0 Å². The molecule has 6 heteroatoms. The van der Waals surface area contributed by atoms with E-state index in [-0.39, 0.29) is 11.7 Å². The summed E-state index contributed by atoms with van der Waals surface area (Å²) in [4.78, 5) is 22.5. The number of aromatic nitrogens is 2. The highest BCUT2D eigenvalue weighted by atomic mass is 19.1. The lowest BCUT2D eigenvalue weighted by Crippen LogP contribution is -2.39. The summed E-state index contributed by atoms with van der Waals surface area (Å²) in [6, 6.07) is 6.07. The van der Waals surface area contributed by atoms with Gasteiger partial charge in [0.1, 0.15) is 11.6 Å². The number of aryl methyl sites for hydroxylation is 1. The van der Waals surface area contributed by atoms with E-state index < -0.39 is 5.97 Å². The molecule has 1 aliphatic heterocycles. The van der Waals surface area contributed by atoms with Crippen molar-refractivity contribution in [3.05, 3.63) is 41.3 Å². The molecule has 24 heavy (non-hydrogen) atoms. The molecule has 0 saturated carbocycles. The second kappa shape index (κ2) is 6.55. The smallest absolute Gasteiger partial charge is 0.308 e. The third kappa shape index (κ3) is 3.22. The molecule has 0 bridgehead atoms. The molecule has 1 aromatic heterocycles. The Balaban J connectivity index is 1.98. The van der Waals surface area contributed by atoms with E-state index in [1.54, 1.807) is 12.1 Å². The van der Waals surface area contributed by atoms with E-state index in [1.807, 2.05) is 18.7 Å². The summed E-state index contributed by atoms with van der Waals surface area (Å²) in [7, 11) is 0. The van der Waals surface area contributed by atoms with Gasteiger partial charge in [0.25, 0.3) is 0 Å². The van der Waals surface area contributed by atoms with Gasteiger partial charge in [-0.05, 0) is 51.0 Å². The van der Waals surface area contributed by atoms with E-state index in [1.165, 1.54) is 12.1 Å². The molecule has 1 fully saturated rings. The number of carboxylic acids is 1. The van der Waals surface area contributed by atoms with E-state index >= 15 is 0 Å². The van der Waals surface area contributed by atoms with Gasteiger partial charge < -0.3 is 10.0 Å². The molecule has 0 radical (unpaired) electrons. The zero-order valence-electron chi connectivity index (χ0n) is 13.8. The van der Waals surface area contributed by atoms with E-state index in [4.69, 9.17) is 0 Å². The number of carboxylic acid groups (broad SMARTS) is 1. The van der Waals surface area contributed by atoms with Crippen molar-refractivity contribution in [3.63, 3.8) is 0 Å². The fourth-order valence-electron chi connectivity index (χ4n) is 3.02. The molecule has 1 aromatic carbocycles. The van der Waals surface area contributed by atoms with Gasteiger partial charge in [-0.3, -0.25) is 4.79 Å². The van der Waals surface area contributed by atoms with E-state index in [9.17, 15) is 14.3 Å². The van der Waals surface area contributed by atoms with Crippen molar-refractivity contribution in [2.24, 2.45) is 5.92 Å². The van der Waals surface area contributed by atoms with Crippen LogP contribution in [0.15, 0.2) is 24.3 Å². The highest BCUT2D eigenvalue weighted by molar-refractivity contribution is 5.71. The molecule has 2 heterocycles. The molecule has 5 nitrogen and oxygen atoms in total. The summed E-state index contributed by atoms with van der Waals surface area (Å²) in [5, 5.41) is 9.29. The van der Waals surface area contributed by atoms with Crippen LogP contribution >= 0.6 is 0 Å². The van der Waals surface area contributed by atoms with Crippen LogP contribution in [0, 0.1) is 25.6 Å². The maximum Gasteiger partial charge on any atom is 0.308 e. The minimum atomic E-state index is -0.762. The fraction of sp³-hybridized carbons (Fsp3) is 0.389. The summed E-state index contributed by atoms with van der Waals surface area (Å²) in [5.41, 5.74) is 2.54. The molecule has 1 atom stereocenters. The van der Waals surface area contributed by atoms with Crippen LogP contribution in [0.25, 0.3) is 11.4 Å². The molecule has 2 aromatic rings. The van der Waals surface area contributed by atoms with Crippen molar-refractivity contribution in [1.29, 1.82) is 0 Å². The van der Waals surface area contributed by atoms with Gasteiger partial charge in [-0.2, -0.15) is 0 Å². The van der Waals surface area contributed by atoms with Gasteiger partial charge in [-0.1, -0.05) is 0 Å². The number of aliphatic carboxylic acids is 1. The van der Waals surface area contributed by atoms with Crippen LogP contribution in [0.3, 0.4) is 0 Å². The standard InChI is InChI=1S/C18H20FN3O2/c1-11-12(2)20-16(13-5-7-15(19)8-6-13)21-17(11)22-9-3-4-14(10-22)18(23)24/h5-8,14H,3-4,9-10H2,1-2H3,(H,23,24). The Kier molecular flexibility index (Phi) is 4.46. The Morgan fingerprint density at radius 3 is 2.62 bits per heavy atom. The van der Waals surface area contributed by atoms with Crippen molar-refractivity contribution in [3.8, 4) is 11.4 Å². The molecule has 1 aliphatic rings. The Morgan fingerprint density at radius 2 is 1.96 bits per heavy atom. The number of nitrogens with zero attached hydrogens (tertiary/aromatic N) is 3. The van der Waals surface area contributed by atoms with E-state index in [0.29, 0.717) is 18.8 Å². The summed E-state index contributed by atoms with van der Waals surface area (Å²) >= 11 is 0. The molecule has 0 aliphatic carbocycles. The second-order valence-electron chi connectivity index (χ2n) is 6.21. The zero-order chi connectivity index (χ0) is 17.3. The topological polar surface area (TPSA) is 66.3 Å². The molecule has 0 spiro atoms. The molecular weight excluding hydrogens is 309 g/mol. The van der Waals surface area contributed by atoms with Crippen LogP contribution in [0.5, 0.6) is 0 Å². The molecule has 1 unspecified atom stereocenters. The predicted molar refractivity (Wildman–Crippen MR) is 89.5 cm³/mol. The maximum absolute atomic E-state index is 13.1. The summed E-state index contributed by atoms with van der Waals surface area (Å²) in [6.07, 6.45) is 1.52. The van der Waals surface area contributed by atoms with Crippen LogP contribution < -0.4 is 4.90 Å². The third-order valence-electron chi connectivity index (χ3n) is 4.54. The summed E-state index contributed by atoms with van der Waals surface area (Å²) < 4.78 is 13.1. The Labute approximate surface area is 140 Å². The Hall–Kier alpha value is -2.50. The molecule has 1 N–H and O–H groups in total. The molecule has 0 amide bonds. The summed E-state index contributed by atoms with van der Waals surface area (Å²) in [6.45, 7) is 5.09. The minimum Gasteiger partial charge on any atom is -0.481 e. The van der Waals surface area contributed by atoms with Crippen molar-refractivity contribution < 1.29 is 14.3 Å². The number of carbonyl (C=O) groups is 1. The van der Waals surface area contributed by atoms with Crippen molar-refractivity contribution >= 4 is 11.8 Å². The predicted octanol–water partition coefficient (Wildman–Crippen LogP) is 3.20. The monoisotopic (exact) mass is 329 g/mol. The normalized spacial score (nSPS) is 17.8. The number of hydrogen-bond acceptors (Lipinski definition) is 4. The maximum atomic E-state index is 13.1. The number of rotatable bonds is 3. The van der Waals surface area contributed by atoms with Gasteiger partial charge in [-0.15, -0.1) is 0 Å². The Bertz CT molecular complexity index is 762. The molecular formula is C18H20FN3O2. The number of piperidine rings is 1. The van der Waals surface area contributed by atoms with Crippen LogP contribution in [0.4, 0.5) is 10.2 Å². The minimum absolute atomic E-state index is 0.303. The summed E-state index contributed by atoms with van der Waals surface area (Å²) in [5.74, 6) is -0.133. The highest BCUT2D eigenvalue weighted by Gasteiger charge is 2.27. The van der Waals surface area contributed by atoms with Crippen LogP contribution in [-0.2, 0) is 4.79 Å². The Morgan fingerprint density at radius 1 is 1.25 bits per heavy atom. The third-order valence-corrected chi connectivity index (χ3v) is 4.54. The van der Waals surface area contributed by atoms with E-state index in [0.717, 1.165) is 35.6 Å². The van der Waals surface area contributed by atoms with Crippen LogP contribution in [0.1, 0.15) is 24.1 Å². The average Bonchev–Trinajstić information content (AvgIpc) is 2.58. The fourth-order valence-corrected chi connectivity index (χ4v) is 3.02. The van der Waals surface area contributed by atoms with Gasteiger partial charge in [0, 0.05) is 29.9 Å². The first kappa shape index (κ1) is 16.4. The number of hydrogen-bond donors (Lipinski definition) is 1. The van der Waals surface area contributed by atoms with Crippen molar-refractivity contribution in [2.45, 2.75) is 26.7 Å². The first-order valence-electron chi connectivity index (χ1n) is 8.04. The number of halogens is 1. The number of benzene rings is 1. The van der Waals surface area contributed by atoms with Crippen molar-refractivity contribution in [2.75, 3.05) is 18.0 Å². The van der Waals surface area contributed by atoms with Gasteiger partial charge in [0.15, 0.2) is 5.82 Å². The lowest BCUT2D eigenvalue weighted by Gasteiger charge is -2.33. The lowest BCUT2D eigenvalue weighted by molar-refractivity contribution is -0.141. The van der Waals surface area contributed by atoms with E-state index in [2.05, 4.69) is 9.97 Å². The molecule has 1 saturated heterocycles. The number of anilines is 1. The second-order valence-corrected chi connectivity index (χ2v) is 6.21. The highest BCUT2D eigenvalue weighted by Crippen LogP contribution is 2.28. The zero-order valence-corrected chi connectivity index (χ0v) is 13.8. The van der Waals surface area contributed by atoms with Gasteiger partial charge in [-0.25, -0.2) is 14.4 Å². The first-order chi connectivity index (χ1) is 11.5. The molecule has 126 valence electrons. The first-order valence-corrected chi connectivity index (χ1v) is 8.04. The molecule has 3 rings (SSSR count). The average molecular weight is 329 g/mol. The SMILES string of the molecule is Cc1nc(-c2ccc(F)cc2)nc(N2CCCC(C(=O)O)C2)c1C. The quantitative estimate of drug-likeness (QED) is 0.937. The van der Waals surface area contributed by atoms with Crippen LogP contribution in [-0.4, -0.2) is 34.1 Å². The lowest BCUT2D eigenvalue weighted by atomic mass is 9.98.